The second kappa shape index (κ2) is 8.57. The van der Waals surface area contributed by atoms with Crippen molar-refractivity contribution in [3.8, 4) is 0 Å². The summed E-state index contributed by atoms with van der Waals surface area (Å²) in [5.41, 5.74) is 2.20. The minimum absolute atomic E-state index is 0.216. The van der Waals surface area contributed by atoms with Crippen molar-refractivity contribution in [3.05, 3.63) is 47.8 Å². The lowest BCUT2D eigenvalue weighted by molar-refractivity contribution is 0.148. The van der Waals surface area contributed by atoms with Crippen LogP contribution in [-0.2, 0) is 29.3 Å². The molecule has 0 N–H and O–H groups in total. The van der Waals surface area contributed by atoms with Gasteiger partial charge in [0.25, 0.3) is 0 Å². The third-order valence-electron chi connectivity index (χ3n) is 5.55. The number of imidazole rings is 1. The lowest BCUT2D eigenvalue weighted by atomic mass is 10.0. The fraction of sp³-hybridized carbons (Fsp3) is 0.571. The molecule has 1 aliphatic rings. The molecule has 2 aromatic rings. The van der Waals surface area contributed by atoms with E-state index in [1.807, 2.05) is 22.8 Å². The van der Waals surface area contributed by atoms with Crippen LogP contribution in [0.2, 0.25) is 0 Å². The van der Waals surface area contributed by atoms with Gasteiger partial charge in [-0.1, -0.05) is 36.8 Å². The van der Waals surface area contributed by atoms with Gasteiger partial charge in [-0.15, -0.1) is 0 Å². The molecule has 148 valence electrons. The molecule has 0 saturated carbocycles. The second-order valence-corrected chi connectivity index (χ2v) is 10.2. The van der Waals surface area contributed by atoms with Crippen LogP contribution in [-0.4, -0.2) is 40.7 Å². The highest BCUT2D eigenvalue weighted by Gasteiger charge is 2.28. The Bertz CT molecular complexity index is 844. The Morgan fingerprint density at radius 2 is 1.93 bits per heavy atom. The molecule has 0 spiro atoms. The second-order valence-electron chi connectivity index (χ2n) is 7.83. The summed E-state index contributed by atoms with van der Waals surface area (Å²) in [7, 11) is -3.41. The van der Waals surface area contributed by atoms with Gasteiger partial charge in [0.1, 0.15) is 0 Å². The Balaban J connectivity index is 1.89. The lowest BCUT2D eigenvalue weighted by Crippen LogP contribution is -2.37. The zero-order valence-corrected chi connectivity index (χ0v) is 17.5. The van der Waals surface area contributed by atoms with E-state index in [1.54, 1.807) is 20.0 Å². The fourth-order valence-electron chi connectivity index (χ4n) is 3.68. The van der Waals surface area contributed by atoms with Crippen molar-refractivity contribution in [2.24, 2.45) is 0 Å². The Labute approximate surface area is 163 Å². The van der Waals surface area contributed by atoms with E-state index in [-0.39, 0.29) is 5.16 Å². The first-order valence-corrected chi connectivity index (χ1v) is 11.5. The lowest BCUT2D eigenvalue weighted by Gasteiger charge is -2.33. The molecule has 0 radical (unpaired) electrons. The van der Waals surface area contributed by atoms with E-state index >= 15 is 0 Å². The smallest absolute Gasteiger partial charge is 0.228 e. The van der Waals surface area contributed by atoms with Crippen LogP contribution in [0, 0.1) is 0 Å². The maximum absolute atomic E-state index is 12.8. The highest BCUT2D eigenvalue weighted by molar-refractivity contribution is 7.91. The summed E-state index contributed by atoms with van der Waals surface area (Å²) >= 11 is 0. The first-order valence-electron chi connectivity index (χ1n) is 9.96. The molecule has 3 rings (SSSR count). The maximum atomic E-state index is 12.8. The number of rotatable bonds is 7. The van der Waals surface area contributed by atoms with Gasteiger partial charge >= 0.3 is 0 Å². The summed E-state index contributed by atoms with van der Waals surface area (Å²) in [6.07, 6.45) is 6.24. The van der Waals surface area contributed by atoms with Gasteiger partial charge in [-0.25, -0.2) is 13.4 Å². The van der Waals surface area contributed by atoms with E-state index in [1.165, 1.54) is 24.8 Å². The number of benzene rings is 1. The van der Waals surface area contributed by atoms with Gasteiger partial charge in [-0.3, -0.25) is 4.90 Å². The van der Waals surface area contributed by atoms with Crippen LogP contribution in [0.3, 0.4) is 0 Å². The van der Waals surface area contributed by atoms with Crippen molar-refractivity contribution >= 4 is 9.84 Å². The average Bonchev–Trinajstić information content (AvgIpc) is 3.06. The Morgan fingerprint density at radius 1 is 1.19 bits per heavy atom. The number of hydrogen-bond donors (Lipinski definition) is 0. The summed E-state index contributed by atoms with van der Waals surface area (Å²) in [6, 6.07) is 10.7. The van der Waals surface area contributed by atoms with Gasteiger partial charge < -0.3 is 4.57 Å². The van der Waals surface area contributed by atoms with Crippen LogP contribution in [0.25, 0.3) is 0 Å². The van der Waals surface area contributed by atoms with Crippen molar-refractivity contribution < 1.29 is 8.42 Å². The number of nitrogens with zero attached hydrogens (tertiary/aromatic N) is 3. The van der Waals surface area contributed by atoms with E-state index in [2.05, 4.69) is 28.9 Å². The van der Waals surface area contributed by atoms with E-state index in [0.717, 1.165) is 25.2 Å². The predicted octanol–water partition coefficient (Wildman–Crippen LogP) is 3.68. The first-order chi connectivity index (χ1) is 12.9. The summed E-state index contributed by atoms with van der Waals surface area (Å²) in [4.78, 5) is 6.81. The maximum Gasteiger partial charge on any atom is 0.228 e. The Kier molecular flexibility index (Phi) is 6.37. The summed E-state index contributed by atoms with van der Waals surface area (Å²) in [5.74, 6) is 0. The molecule has 1 unspecified atom stereocenters. The van der Waals surface area contributed by atoms with E-state index < -0.39 is 15.1 Å². The fourth-order valence-corrected chi connectivity index (χ4v) is 4.82. The van der Waals surface area contributed by atoms with Crippen molar-refractivity contribution in [3.63, 3.8) is 0 Å². The van der Waals surface area contributed by atoms with Gasteiger partial charge in [-0.05, 0) is 52.1 Å². The monoisotopic (exact) mass is 389 g/mol. The number of sulfone groups is 1. The summed E-state index contributed by atoms with van der Waals surface area (Å²) in [5, 5.41) is -0.259. The number of aryl methyl sites for hydroxylation is 1. The van der Waals surface area contributed by atoms with Gasteiger partial charge in [-0.2, -0.15) is 0 Å². The van der Waals surface area contributed by atoms with Crippen LogP contribution in [0.4, 0.5) is 0 Å². The van der Waals surface area contributed by atoms with Crippen molar-refractivity contribution in [2.75, 3.05) is 6.54 Å². The molecule has 0 bridgehead atoms. The predicted molar refractivity (Wildman–Crippen MR) is 108 cm³/mol. The van der Waals surface area contributed by atoms with Gasteiger partial charge in [0.05, 0.1) is 17.1 Å². The van der Waals surface area contributed by atoms with Crippen LogP contribution >= 0.6 is 0 Å². The molecule has 1 aromatic heterocycles. The Morgan fingerprint density at radius 3 is 2.59 bits per heavy atom. The third-order valence-corrected chi connectivity index (χ3v) is 7.63. The minimum atomic E-state index is -3.41. The molecular weight excluding hydrogens is 358 g/mol. The van der Waals surface area contributed by atoms with Crippen molar-refractivity contribution in [2.45, 2.75) is 76.0 Å². The van der Waals surface area contributed by atoms with Gasteiger partial charge in [0, 0.05) is 19.1 Å². The molecule has 6 heteroatoms. The van der Waals surface area contributed by atoms with Crippen LogP contribution in [0.15, 0.2) is 41.7 Å². The zero-order valence-electron chi connectivity index (χ0n) is 16.6. The van der Waals surface area contributed by atoms with Crippen molar-refractivity contribution in [1.82, 2.24) is 14.5 Å². The number of likely N-dealkylation sites (tertiary alicyclic amines) is 1. The topological polar surface area (TPSA) is 55.2 Å². The minimum Gasteiger partial charge on any atom is -0.317 e. The van der Waals surface area contributed by atoms with Gasteiger partial charge in [0.15, 0.2) is 0 Å². The third kappa shape index (κ3) is 4.61. The molecule has 5 nitrogen and oxygen atoms in total. The van der Waals surface area contributed by atoms with E-state index in [4.69, 9.17) is 0 Å². The highest BCUT2D eigenvalue weighted by Crippen LogP contribution is 2.23. The molecule has 27 heavy (non-hydrogen) atoms. The van der Waals surface area contributed by atoms with Crippen LogP contribution in [0.1, 0.15) is 51.3 Å². The quantitative estimate of drug-likeness (QED) is 0.725. The largest absolute Gasteiger partial charge is 0.317 e. The van der Waals surface area contributed by atoms with E-state index in [0.29, 0.717) is 12.6 Å². The van der Waals surface area contributed by atoms with Crippen molar-refractivity contribution in [1.29, 1.82) is 0 Å². The summed E-state index contributed by atoms with van der Waals surface area (Å²) in [6.45, 7) is 8.15. The molecular formula is C21H31N3O2S. The molecule has 1 atom stereocenters. The van der Waals surface area contributed by atoms with Crippen LogP contribution in [0.5, 0.6) is 0 Å². The SMILES string of the molecule is CC1CCCCN1Cc1cnc(S(=O)(=O)C(C)C)n1CCc1ccccc1. The molecule has 1 fully saturated rings. The van der Waals surface area contributed by atoms with E-state index in [9.17, 15) is 8.42 Å². The molecule has 1 aromatic carbocycles. The average molecular weight is 390 g/mol. The molecule has 1 saturated heterocycles. The Hall–Kier alpha value is -1.66. The number of aromatic nitrogens is 2. The summed E-state index contributed by atoms with van der Waals surface area (Å²) < 4.78 is 27.6. The number of piperidine rings is 1. The molecule has 0 amide bonds. The standard InChI is InChI=1S/C21H31N3O2S/c1-17(2)27(25,26)21-22-15-20(16-23-13-8-7-9-18(23)3)24(21)14-12-19-10-5-4-6-11-19/h4-6,10-11,15,17-18H,7-9,12-14,16H2,1-3H3. The normalized spacial score (nSPS) is 18.9. The zero-order chi connectivity index (χ0) is 19.4. The number of hydrogen-bond acceptors (Lipinski definition) is 4. The van der Waals surface area contributed by atoms with Crippen LogP contribution < -0.4 is 0 Å². The molecule has 1 aliphatic heterocycles. The molecule has 2 heterocycles. The van der Waals surface area contributed by atoms with Gasteiger partial charge in [0.2, 0.25) is 15.0 Å². The molecule has 0 aliphatic carbocycles. The first kappa shape index (κ1) is 20.1. The highest BCUT2D eigenvalue weighted by atomic mass is 32.2.